The molecule has 7 heteroatoms. The molecule has 1 unspecified atom stereocenters. The largest absolute Gasteiger partial charge is 0.465 e. The quantitative estimate of drug-likeness (QED) is 0.412. The van der Waals surface area contributed by atoms with Crippen LogP contribution in [0.25, 0.3) is 11.0 Å². The number of methoxy groups -OCH3 is 1. The van der Waals surface area contributed by atoms with Crippen LogP contribution in [-0.2, 0) is 11.2 Å². The van der Waals surface area contributed by atoms with E-state index < -0.39 is 29.2 Å². The summed E-state index contributed by atoms with van der Waals surface area (Å²) in [4.78, 5) is 40.3. The van der Waals surface area contributed by atoms with E-state index >= 15 is 0 Å². The van der Waals surface area contributed by atoms with Crippen LogP contribution >= 0.6 is 0 Å². The molecular weight excluding hydrogens is 437 g/mol. The van der Waals surface area contributed by atoms with Crippen molar-refractivity contribution >= 4 is 22.8 Å². The average Bonchev–Trinajstić information content (AvgIpc) is 3.15. The predicted molar refractivity (Wildman–Crippen MR) is 123 cm³/mol. The summed E-state index contributed by atoms with van der Waals surface area (Å²) in [6.07, 6.45) is 0.569. The molecule has 2 heterocycles. The number of amides is 1. The van der Waals surface area contributed by atoms with Gasteiger partial charge < -0.3 is 14.1 Å². The van der Waals surface area contributed by atoms with Crippen LogP contribution in [0.1, 0.15) is 43.6 Å². The second-order valence-corrected chi connectivity index (χ2v) is 8.06. The van der Waals surface area contributed by atoms with Crippen LogP contribution < -0.4 is 5.43 Å². The summed E-state index contributed by atoms with van der Waals surface area (Å²) in [7, 11) is 1.29. The highest BCUT2D eigenvalue weighted by Gasteiger charge is 2.42. The third-order valence-corrected chi connectivity index (χ3v) is 6.06. The van der Waals surface area contributed by atoms with Gasteiger partial charge in [-0.1, -0.05) is 42.5 Å². The number of carbonyl (C=O) groups is 2. The maximum absolute atomic E-state index is 13.9. The highest BCUT2D eigenvalue weighted by Crippen LogP contribution is 2.38. The molecule has 0 aliphatic carbocycles. The molecule has 170 valence electrons. The smallest absolute Gasteiger partial charge is 0.337 e. The zero-order valence-electron chi connectivity index (χ0n) is 18.3. The minimum absolute atomic E-state index is 0.0424. The highest BCUT2D eigenvalue weighted by molar-refractivity contribution is 5.99. The fraction of sp³-hybridized carbons (Fsp3) is 0.148. The second-order valence-electron chi connectivity index (χ2n) is 8.06. The fourth-order valence-electron chi connectivity index (χ4n) is 4.38. The number of hydrogen-bond donors (Lipinski definition) is 0. The Balaban J connectivity index is 1.63. The van der Waals surface area contributed by atoms with E-state index in [1.807, 2.05) is 30.3 Å². The molecule has 1 aliphatic heterocycles. The van der Waals surface area contributed by atoms with Gasteiger partial charge in [-0.3, -0.25) is 9.59 Å². The number of fused-ring (bicyclic) bond motifs is 2. The van der Waals surface area contributed by atoms with Gasteiger partial charge in [0.15, 0.2) is 5.43 Å². The summed E-state index contributed by atoms with van der Waals surface area (Å²) in [5.74, 6) is -1.50. The normalized spacial score (nSPS) is 14.9. The number of benzene rings is 3. The first-order valence-electron chi connectivity index (χ1n) is 10.8. The van der Waals surface area contributed by atoms with Crippen LogP contribution in [0.2, 0.25) is 0 Å². The SMILES string of the molecule is COC(=O)c1ccc(C2c3c(oc4ccc(F)cc4c3=O)C(=O)N2CCc2ccccc2)cc1. The monoisotopic (exact) mass is 457 g/mol. The van der Waals surface area contributed by atoms with Crippen molar-refractivity contribution in [1.82, 2.24) is 4.90 Å². The van der Waals surface area contributed by atoms with Crippen molar-refractivity contribution in [3.63, 3.8) is 0 Å². The van der Waals surface area contributed by atoms with Crippen molar-refractivity contribution in [2.24, 2.45) is 0 Å². The summed E-state index contributed by atoms with van der Waals surface area (Å²) < 4.78 is 24.5. The van der Waals surface area contributed by atoms with E-state index in [-0.39, 0.29) is 22.3 Å². The first-order valence-corrected chi connectivity index (χ1v) is 10.8. The molecule has 0 radical (unpaired) electrons. The maximum atomic E-state index is 13.9. The molecule has 34 heavy (non-hydrogen) atoms. The van der Waals surface area contributed by atoms with Crippen LogP contribution in [0.3, 0.4) is 0 Å². The molecule has 3 aromatic carbocycles. The van der Waals surface area contributed by atoms with Crippen LogP contribution in [0.15, 0.2) is 82.0 Å². The lowest BCUT2D eigenvalue weighted by Crippen LogP contribution is -2.31. The van der Waals surface area contributed by atoms with Crippen molar-refractivity contribution in [3.05, 3.63) is 117 Å². The number of esters is 1. The van der Waals surface area contributed by atoms with Crippen molar-refractivity contribution in [2.45, 2.75) is 12.5 Å². The third-order valence-electron chi connectivity index (χ3n) is 6.06. The molecule has 1 aliphatic rings. The molecule has 0 spiro atoms. The van der Waals surface area contributed by atoms with Crippen LogP contribution in [0.5, 0.6) is 0 Å². The molecule has 1 atom stereocenters. The number of rotatable bonds is 5. The molecule has 4 aromatic rings. The van der Waals surface area contributed by atoms with Gasteiger partial charge in [0.25, 0.3) is 5.91 Å². The highest BCUT2D eigenvalue weighted by atomic mass is 19.1. The maximum Gasteiger partial charge on any atom is 0.337 e. The van der Waals surface area contributed by atoms with Crippen molar-refractivity contribution < 1.29 is 23.1 Å². The van der Waals surface area contributed by atoms with Gasteiger partial charge in [-0.05, 0) is 47.9 Å². The lowest BCUT2D eigenvalue weighted by atomic mass is 9.97. The Labute approximate surface area is 194 Å². The van der Waals surface area contributed by atoms with Gasteiger partial charge in [0, 0.05) is 6.54 Å². The lowest BCUT2D eigenvalue weighted by Gasteiger charge is -2.25. The van der Waals surface area contributed by atoms with E-state index in [0.717, 1.165) is 11.6 Å². The van der Waals surface area contributed by atoms with E-state index in [1.165, 1.54) is 19.2 Å². The van der Waals surface area contributed by atoms with Crippen molar-refractivity contribution in [2.75, 3.05) is 13.7 Å². The lowest BCUT2D eigenvalue weighted by molar-refractivity contribution is 0.0600. The summed E-state index contributed by atoms with van der Waals surface area (Å²) in [6.45, 7) is 0.334. The minimum Gasteiger partial charge on any atom is -0.465 e. The number of halogens is 1. The Bertz CT molecular complexity index is 1460. The van der Waals surface area contributed by atoms with E-state index in [2.05, 4.69) is 0 Å². The van der Waals surface area contributed by atoms with Crippen molar-refractivity contribution in [3.8, 4) is 0 Å². The first kappa shape index (κ1) is 21.6. The van der Waals surface area contributed by atoms with E-state index in [1.54, 1.807) is 29.2 Å². The number of hydrogen-bond acceptors (Lipinski definition) is 5. The number of nitrogens with zero attached hydrogens (tertiary/aromatic N) is 1. The minimum atomic E-state index is -0.734. The third kappa shape index (κ3) is 3.65. The average molecular weight is 457 g/mol. The molecule has 1 aromatic heterocycles. The molecule has 0 fully saturated rings. The van der Waals surface area contributed by atoms with Gasteiger partial charge in [0.2, 0.25) is 5.76 Å². The van der Waals surface area contributed by atoms with E-state index in [9.17, 15) is 18.8 Å². The Kier molecular flexibility index (Phi) is 5.45. The van der Waals surface area contributed by atoms with Crippen molar-refractivity contribution in [1.29, 1.82) is 0 Å². The molecule has 6 nitrogen and oxygen atoms in total. The van der Waals surface area contributed by atoms with Crippen LogP contribution in [0.4, 0.5) is 4.39 Å². The Hall–Kier alpha value is -4.26. The van der Waals surface area contributed by atoms with Gasteiger partial charge in [-0.2, -0.15) is 0 Å². The zero-order valence-corrected chi connectivity index (χ0v) is 18.3. The van der Waals surface area contributed by atoms with Gasteiger partial charge >= 0.3 is 5.97 Å². The van der Waals surface area contributed by atoms with Gasteiger partial charge in [0.05, 0.1) is 29.7 Å². The Morgan fingerprint density at radius 2 is 1.76 bits per heavy atom. The summed E-state index contributed by atoms with van der Waals surface area (Å²) in [6, 6.07) is 19.2. The predicted octanol–water partition coefficient (Wildman–Crippen LogP) is 4.51. The summed E-state index contributed by atoms with van der Waals surface area (Å²) in [5.41, 5.74) is 1.89. The van der Waals surface area contributed by atoms with Gasteiger partial charge in [0.1, 0.15) is 11.4 Å². The molecule has 0 N–H and O–H groups in total. The van der Waals surface area contributed by atoms with Crippen LogP contribution in [0, 0.1) is 5.82 Å². The summed E-state index contributed by atoms with van der Waals surface area (Å²) in [5, 5.41) is 0.0765. The zero-order chi connectivity index (χ0) is 23.8. The fourth-order valence-corrected chi connectivity index (χ4v) is 4.38. The molecule has 0 bridgehead atoms. The Morgan fingerprint density at radius 1 is 1.03 bits per heavy atom. The number of ether oxygens (including phenoxy) is 1. The van der Waals surface area contributed by atoms with E-state index in [0.29, 0.717) is 24.1 Å². The standard InChI is InChI=1S/C27H20FNO5/c1-33-27(32)18-9-7-17(8-10-18)23-22-24(30)20-15-19(28)11-12-21(20)34-25(22)26(31)29(23)14-13-16-5-3-2-4-6-16/h2-12,15,23H,13-14H2,1H3. The Morgan fingerprint density at radius 3 is 2.47 bits per heavy atom. The second kappa shape index (κ2) is 8.59. The molecule has 5 rings (SSSR count). The summed E-state index contributed by atoms with van der Waals surface area (Å²) >= 11 is 0. The number of carbonyl (C=O) groups excluding carboxylic acids is 2. The molecule has 0 saturated heterocycles. The van der Waals surface area contributed by atoms with Crippen LogP contribution in [-0.4, -0.2) is 30.4 Å². The molecule has 1 amide bonds. The van der Waals surface area contributed by atoms with Gasteiger partial charge in [-0.25, -0.2) is 9.18 Å². The topological polar surface area (TPSA) is 76.8 Å². The van der Waals surface area contributed by atoms with Gasteiger partial charge in [-0.15, -0.1) is 0 Å². The van der Waals surface area contributed by atoms with E-state index in [4.69, 9.17) is 9.15 Å². The molecule has 0 saturated carbocycles. The first-order chi connectivity index (χ1) is 16.5. The molecular formula is C27H20FNO5.